The van der Waals surface area contributed by atoms with Crippen molar-refractivity contribution in [2.75, 3.05) is 0 Å². The maximum Gasteiger partial charge on any atom is 0.409 e. The lowest BCUT2D eigenvalue weighted by molar-refractivity contribution is -0.203. The van der Waals surface area contributed by atoms with Gasteiger partial charge in [-0.15, -0.1) is 0 Å². The summed E-state index contributed by atoms with van der Waals surface area (Å²) in [5.74, 6) is -0.442. The number of hydrogen-bond donors (Lipinski definition) is 1. The summed E-state index contributed by atoms with van der Waals surface area (Å²) in [6.07, 6.45) is -4.56. The molecule has 1 atom stereocenters. The third-order valence-corrected chi connectivity index (χ3v) is 3.41. The van der Waals surface area contributed by atoms with Crippen LogP contribution in [0.25, 0.3) is 0 Å². The minimum Gasteiger partial charge on any atom is -0.287 e. The number of benzene rings is 1. The van der Waals surface area contributed by atoms with Crippen molar-refractivity contribution in [2.24, 2.45) is 0 Å². The van der Waals surface area contributed by atoms with Crippen LogP contribution in [-0.2, 0) is 4.79 Å². The second kappa shape index (κ2) is 5.04. The van der Waals surface area contributed by atoms with Gasteiger partial charge >= 0.3 is 6.18 Å². The van der Waals surface area contributed by atoms with Gasteiger partial charge in [0.1, 0.15) is 0 Å². The molecule has 1 aromatic rings. The maximum atomic E-state index is 13.5. The monoisotopic (exact) mass is 297 g/mol. The topological polar surface area (TPSA) is 56.1 Å². The fourth-order valence-corrected chi connectivity index (χ4v) is 2.44. The maximum absolute atomic E-state index is 13.5. The van der Waals surface area contributed by atoms with Crippen molar-refractivity contribution in [1.82, 2.24) is 10.4 Å². The fraction of sp³-hybridized carbons (Fsp3) is 0.429. The number of hydrazine groups is 1. The molecule has 0 unspecified atom stereocenters. The molecule has 0 aliphatic carbocycles. The molecule has 1 aliphatic heterocycles. The van der Waals surface area contributed by atoms with Crippen LogP contribution in [0.3, 0.4) is 0 Å². The average molecular weight is 297 g/mol. The highest BCUT2D eigenvalue weighted by Crippen LogP contribution is 2.42. The zero-order valence-electron chi connectivity index (χ0n) is 11.5. The van der Waals surface area contributed by atoms with Crippen LogP contribution >= 0.6 is 0 Å². The van der Waals surface area contributed by atoms with E-state index in [0.717, 1.165) is 5.01 Å². The van der Waals surface area contributed by atoms with E-state index in [1.165, 1.54) is 24.3 Å². The number of hydrogen-bond acceptors (Lipinski definition) is 3. The first-order valence-corrected chi connectivity index (χ1v) is 6.31. The lowest BCUT2D eigenvalue weighted by Gasteiger charge is -2.37. The van der Waals surface area contributed by atoms with E-state index in [9.17, 15) is 18.0 Å². The van der Waals surface area contributed by atoms with E-state index >= 15 is 0 Å². The van der Waals surface area contributed by atoms with Gasteiger partial charge < -0.3 is 0 Å². The zero-order valence-corrected chi connectivity index (χ0v) is 11.5. The molecule has 1 amide bonds. The average Bonchev–Trinajstić information content (AvgIpc) is 2.62. The first-order chi connectivity index (χ1) is 9.65. The predicted molar refractivity (Wildman–Crippen MR) is 68.6 cm³/mol. The molecule has 1 fully saturated rings. The molecule has 21 heavy (non-hydrogen) atoms. The first-order valence-electron chi connectivity index (χ1n) is 6.31. The largest absolute Gasteiger partial charge is 0.409 e. The summed E-state index contributed by atoms with van der Waals surface area (Å²) in [6, 6.07) is 5.09. The van der Waals surface area contributed by atoms with E-state index in [1.54, 1.807) is 13.8 Å². The van der Waals surface area contributed by atoms with E-state index in [2.05, 4.69) is 5.43 Å². The summed E-state index contributed by atoms with van der Waals surface area (Å²) in [7, 11) is 0. The number of halogens is 3. The molecule has 1 saturated heterocycles. The van der Waals surface area contributed by atoms with Gasteiger partial charge in [0.2, 0.25) is 5.91 Å². The fourth-order valence-electron chi connectivity index (χ4n) is 2.44. The molecular formula is C14H14F3N3O. The number of nitriles is 1. The molecule has 0 bridgehead atoms. The van der Waals surface area contributed by atoms with Crippen molar-refractivity contribution in [3.8, 4) is 6.07 Å². The van der Waals surface area contributed by atoms with Gasteiger partial charge in [-0.05, 0) is 31.5 Å². The Bertz CT molecular complexity index is 587. The van der Waals surface area contributed by atoms with Crippen molar-refractivity contribution in [3.05, 3.63) is 35.4 Å². The van der Waals surface area contributed by atoms with Crippen LogP contribution in [0, 0.1) is 11.3 Å². The number of carbonyl (C=O) groups is 1. The van der Waals surface area contributed by atoms with E-state index in [0.29, 0.717) is 0 Å². The van der Waals surface area contributed by atoms with Gasteiger partial charge in [-0.1, -0.05) is 12.1 Å². The molecule has 0 spiro atoms. The quantitative estimate of drug-likeness (QED) is 0.913. The van der Waals surface area contributed by atoms with Crippen molar-refractivity contribution in [1.29, 1.82) is 5.26 Å². The molecule has 1 N–H and O–H groups in total. The van der Waals surface area contributed by atoms with E-state index in [4.69, 9.17) is 5.26 Å². The van der Waals surface area contributed by atoms with Gasteiger partial charge in [0.15, 0.2) is 6.04 Å². The number of rotatable bonds is 2. The molecule has 0 radical (unpaired) electrons. The third-order valence-electron chi connectivity index (χ3n) is 3.41. The van der Waals surface area contributed by atoms with Crippen molar-refractivity contribution in [2.45, 2.75) is 38.0 Å². The Balaban J connectivity index is 2.44. The highest BCUT2D eigenvalue weighted by atomic mass is 19.4. The van der Waals surface area contributed by atoms with Crippen LogP contribution < -0.4 is 5.43 Å². The third kappa shape index (κ3) is 3.00. The molecule has 112 valence electrons. The molecule has 0 saturated carbocycles. The summed E-state index contributed by atoms with van der Waals surface area (Å²) in [4.78, 5) is 11.5. The summed E-state index contributed by atoms with van der Waals surface area (Å²) in [6.45, 7) is 3.15. The molecular weight excluding hydrogens is 283 g/mol. The lowest BCUT2D eigenvalue weighted by atomic mass is 9.96. The Hall–Kier alpha value is -2.07. The van der Waals surface area contributed by atoms with Crippen molar-refractivity contribution < 1.29 is 18.0 Å². The highest BCUT2D eigenvalue weighted by molar-refractivity contribution is 5.79. The van der Waals surface area contributed by atoms with Crippen molar-refractivity contribution in [3.63, 3.8) is 0 Å². The Morgan fingerprint density at radius 3 is 2.29 bits per heavy atom. The normalized spacial score (nSPS) is 19.9. The molecule has 1 aliphatic rings. The zero-order chi connectivity index (χ0) is 15.8. The van der Waals surface area contributed by atoms with Gasteiger partial charge in [-0.2, -0.15) is 23.4 Å². The molecule has 7 heteroatoms. The van der Waals surface area contributed by atoms with E-state index < -0.39 is 23.7 Å². The minimum atomic E-state index is -4.55. The SMILES string of the molecule is CC1(C)CC(=O)NN1[C@@H](c1ccc(C#N)cc1)C(F)(F)F. The van der Waals surface area contributed by atoms with Crippen LogP contribution in [0.1, 0.15) is 37.4 Å². The van der Waals surface area contributed by atoms with Crippen LogP contribution in [0.4, 0.5) is 13.2 Å². The first kappa shape index (κ1) is 15.3. The summed E-state index contributed by atoms with van der Waals surface area (Å²) in [5.41, 5.74) is 1.60. The second-order valence-corrected chi connectivity index (χ2v) is 5.57. The van der Waals surface area contributed by atoms with Gasteiger partial charge in [0.25, 0.3) is 0 Å². The second-order valence-electron chi connectivity index (χ2n) is 5.57. The molecule has 1 heterocycles. The lowest BCUT2D eigenvalue weighted by Crippen LogP contribution is -2.51. The molecule has 2 rings (SSSR count). The highest BCUT2D eigenvalue weighted by Gasteiger charge is 2.52. The smallest absolute Gasteiger partial charge is 0.287 e. The van der Waals surface area contributed by atoms with Crippen LogP contribution in [0.5, 0.6) is 0 Å². The molecule has 4 nitrogen and oxygen atoms in total. The van der Waals surface area contributed by atoms with Crippen LogP contribution in [-0.4, -0.2) is 22.6 Å². The van der Waals surface area contributed by atoms with Gasteiger partial charge in [0, 0.05) is 12.0 Å². The predicted octanol–water partition coefficient (Wildman–Crippen LogP) is 2.68. The van der Waals surface area contributed by atoms with Gasteiger partial charge in [-0.3, -0.25) is 10.2 Å². The van der Waals surface area contributed by atoms with Crippen molar-refractivity contribution >= 4 is 5.91 Å². The summed E-state index contributed by atoms with van der Waals surface area (Å²) < 4.78 is 40.4. The standard InChI is InChI=1S/C14H14F3N3O/c1-13(2)7-11(21)19-20(13)12(14(15,16)17)10-5-3-9(8-18)4-6-10/h3-6,12H,7H2,1-2H3,(H,19,21)/t12-/m0/s1. The summed E-state index contributed by atoms with van der Waals surface area (Å²) >= 11 is 0. The Morgan fingerprint density at radius 2 is 1.90 bits per heavy atom. The molecule has 1 aromatic carbocycles. The number of carbonyl (C=O) groups excluding carboxylic acids is 1. The molecule has 0 aromatic heterocycles. The Kier molecular flexibility index (Phi) is 3.68. The van der Waals surface area contributed by atoms with Gasteiger partial charge in [-0.25, -0.2) is 0 Å². The summed E-state index contributed by atoms with van der Waals surface area (Å²) in [5, 5.41) is 9.66. The van der Waals surface area contributed by atoms with Crippen LogP contribution in [0.15, 0.2) is 24.3 Å². The van der Waals surface area contributed by atoms with E-state index in [-0.39, 0.29) is 17.5 Å². The van der Waals surface area contributed by atoms with Gasteiger partial charge in [0.05, 0.1) is 11.6 Å². The van der Waals surface area contributed by atoms with E-state index in [1.807, 2.05) is 6.07 Å². The Labute approximate surface area is 120 Å². The number of amides is 1. The minimum absolute atomic E-state index is 0.00411. The Morgan fingerprint density at radius 1 is 1.33 bits per heavy atom. The number of nitrogens with one attached hydrogen (secondary N) is 1. The van der Waals surface area contributed by atoms with Crippen LogP contribution in [0.2, 0.25) is 0 Å². The number of alkyl halides is 3. The number of nitrogens with zero attached hydrogens (tertiary/aromatic N) is 2.